The number of hydrogen-bond donors (Lipinski definition) is 1. The fraction of sp³-hybridized carbons (Fsp3) is 0.361. The van der Waals surface area contributed by atoms with Crippen molar-refractivity contribution in [1.82, 2.24) is 9.80 Å². The molecule has 43 heavy (non-hydrogen) atoms. The molecule has 1 aliphatic heterocycles. The van der Waals surface area contributed by atoms with Crippen molar-refractivity contribution in [2.75, 3.05) is 46.9 Å². The first-order chi connectivity index (χ1) is 20.9. The second-order valence-corrected chi connectivity index (χ2v) is 11.9. The number of piperazine rings is 1. The summed E-state index contributed by atoms with van der Waals surface area (Å²) in [7, 11) is 3.81. The van der Waals surface area contributed by atoms with Gasteiger partial charge in [-0.05, 0) is 84.1 Å². The van der Waals surface area contributed by atoms with Crippen LogP contribution in [0, 0.1) is 5.92 Å². The molecule has 2 fully saturated rings. The van der Waals surface area contributed by atoms with Crippen LogP contribution >= 0.6 is 0 Å². The Labute approximate surface area is 253 Å². The normalized spacial score (nSPS) is 23.1. The Bertz CT molecular complexity index is 1530. The third-order valence-electron chi connectivity index (χ3n) is 9.12. The number of ether oxygens (including phenoxy) is 3. The zero-order chi connectivity index (χ0) is 29.8. The van der Waals surface area contributed by atoms with Crippen molar-refractivity contribution in [3.63, 3.8) is 0 Å². The van der Waals surface area contributed by atoms with Crippen LogP contribution < -0.4 is 9.47 Å². The number of benzene rings is 4. The number of fused-ring (bicyclic) bond motifs is 1. The maximum absolute atomic E-state index is 12.9. The summed E-state index contributed by atoms with van der Waals surface area (Å²) in [6, 6.07) is 29.7. The van der Waals surface area contributed by atoms with Crippen molar-refractivity contribution >= 4 is 16.9 Å². The molecule has 0 spiro atoms. The number of methoxy groups -OCH3 is 1. The van der Waals surface area contributed by atoms with Gasteiger partial charge in [0.25, 0.3) is 0 Å². The predicted octanol–water partition coefficient (Wildman–Crippen LogP) is 6.33. The van der Waals surface area contributed by atoms with Crippen LogP contribution in [0.5, 0.6) is 11.5 Å². The van der Waals surface area contributed by atoms with E-state index in [1.165, 1.54) is 0 Å². The standard InChI is InChI=1S/C36H40N2O5/c1-37-18-20-38(21-19-37)25-31-24-34(43-35(39)42-32-13-9-27(10-14-32)26-6-4-3-5-7-26)16-17-36(31,40)30-12-8-29-23-33(41-2)15-11-28(29)22-30/h3-15,22-23,31,34,40H,16-21,24-25H2,1-2H3. The van der Waals surface area contributed by atoms with Gasteiger partial charge >= 0.3 is 6.16 Å². The lowest BCUT2D eigenvalue weighted by molar-refractivity contribution is -0.102. The molecular formula is C36H40N2O5. The summed E-state index contributed by atoms with van der Waals surface area (Å²) in [5.74, 6) is 1.14. The van der Waals surface area contributed by atoms with Crippen LogP contribution in [0.1, 0.15) is 24.8 Å². The van der Waals surface area contributed by atoms with Crippen LogP contribution in [-0.4, -0.2) is 74.0 Å². The molecule has 224 valence electrons. The van der Waals surface area contributed by atoms with E-state index in [9.17, 15) is 9.90 Å². The molecule has 3 unspecified atom stereocenters. The first-order valence-electron chi connectivity index (χ1n) is 15.1. The molecule has 0 amide bonds. The average molecular weight is 581 g/mol. The maximum Gasteiger partial charge on any atom is 0.514 e. The number of carbonyl (C=O) groups is 1. The lowest BCUT2D eigenvalue weighted by Gasteiger charge is -2.46. The molecule has 0 aromatic heterocycles. The van der Waals surface area contributed by atoms with Crippen LogP contribution in [0.2, 0.25) is 0 Å². The summed E-state index contributed by atoms with van der Waals surface area (Å²) in [4.78, 5) is 17.6. The van der Waals surface area contributed by atoms with E-state index >= 15 is 0 Å². The zero-order valence-electron chi connectivity index (χ0n) is 24.9. The Morgan fingerprint density at radius 2 is 1.53 bits per heavy atom. The van der Waals surface area contributed by atoms with Crippen molar-refractivity contribution in [2.24, 2.45) is 5.92 Å². The largest absolute Gasteiger partial charge is 0.514 e. The van der Waals surface area contributed by atoms with E-state index in [-0.39, 0.29) is 12.0 Å². The number of likely N-dealkylation sites (N-methyl/N-ethyl adjacent to an activating group) is 1. The van der Waals surface area contributed by atoms with Crippen LogP contribution in [0.25, 0.3) is 21.9 Å². The number of hydrogen-bond acceptors (Lipinski definition) is 7. The van der Waals surface area contributed by atoms with E-state index in [2.05, 4.69) is 29.0 Å². The first kappa shape index (κ1) is 29.2. The molecule has 7 heteroatoms. The second-order valence-electron chi connectivity index (χ2n) is 11.9. The third kappa shape index (κ3) is 6.69. The lowest BCUT2D eigenvalue weighted by atomic mass is 9.70. The topological polar surface area (TPSA) is 71.5 Å². The zero-order valence-corrected chi connectivity index (χ0v) is 24.9. The van der Waals surface area contributed by atoms with E-state index in [0.717, 1.165) is 65.9 Å². The molecule has 4 aromatic carbocycles. The Hall–Kier alpha value is -3.91. The van der Waals surface area contributed by atoms with Crippen LogP contribution in [0.15, 0.2) is 91.0 Å². The first-order valence-corrected chi connectivity index (χ1v) is 15.1. The molecule has 1 saturated heterocycles. The van der Waals surface area contributed by atoms with Crippen molar-refractivity contribution in [3.8, 4) is 22.6 Å². The fourth-order valence-electron chi connectivity index (χ4n) is 6.49. The van der Waals surface area contributed by atoms with Crippen molar-refractivity contribution < 1.29 is 24.1 Å². The Morgan fingerprint density at radius 1 is 0.860 bits per heavy atom. The smallest absolute Gasteiger partial charge is 0.497 e. The van der Waals surface area contributed by atoms with Gasteiger partial charge in [0, 0.05) is 38.6 Å². The molecule has 4 aromatic rings. The van der Waals surface area contributed by atoms with E-state index < -0.39 is 11.8 Å². The van der Waals surface area contributed by atoms with E-state index in [0.29, 0.717) is 25.0 Å². The number of aliphatic hydroxyl groups is 1. The average Bonchev–Trinajstić information content (AvgIpc) is 3.04. The summed E-state index contributed by atoms with van der Waals surface area (Å²) < 4.78 is 16.8. The van der Waals surface area contributed by atoms with Crippen LogP contribution in [0.4, 0.5) is 4.79 Å². The van der Waals surface area contributed by atoms with Crippen LogP contribution in [0.3, 0.4) is 0 Å². The van der Waals surface area contributed by atoms with Gasteiger partial charge < -0.3 is 29.1 Å². The molecule has 7 nitrogen and oxygen atoms in total. The number of carbonyl (C=O) groups excluding carboxylic acids is 1. The van der Waals surface area contributed by atoms with Gasteiger partial charge in [0.15, 0.2) is 0 Å². The minimum Gasteiger partial charge on any atom is -0.497 e. The Morgan fingerprint density at radius 3 is 2.28 bits per heavy atom. The Kier molecular flexibility index (Phi) is 8.66. The van der Waals surface area contributed by atoms with Gasteiger partial charge in [0.05, 0.1) is 12.7 Å². The molecular weight excluding hydrogens is 540 g/mol. The highest BCUT2D eigenvalue weighted by Gasteiger charge is 2.45. The van der Waals surface area contributed by atoms with Gasteiger partial charge in [-0.15, -0.1) is 0 Å². The van der Waals surface area contributed by atoms with Crippen LogP contribution in [-0.2, 0) is 10.3 Å². The quantitative estimate of drug-likeness (QED) is 0.202. The van der Waals surface area contributed by atoms with Crippen molar-refractivity contribution in [2.45, 2.75) is 31.0 Å². The van der Waals surface area contributed by atoms with Gasteiger partial charge in [-0.3, -0.25) is 0 Å². The summed E-state index contributed by atoms with van der Waals surface area (Å²) in [6.45, 7) is 4.64. The molecule has 3 atom stereocenters. The number of rotatable bonds is 7. The molecule has 1 saturated carbocycles. The van der Waals surface area contributed by atoms with Gasteiger partial charge in [0.1, 0.15) is 17.6 Å². The SMILES string of the molecule is COc1ccc2cc(C3(O)CCC(OC(=O)Oc4ccc(-c5ccccc5)cc4)CC3CN3CCN(C)CC3)ccc2c1. The number of nitrogens with zero attached hydrogens (tertiary/aromatic N) is 2. The third-order valence-corrected chi connectivity index (χ3v) is 9.12. The summed E-state index contributed by atoms with van der Waals surface area (Å²) >= 11 is 0. The molecule has 6 rings (SSSR count). The van der Waals surface area contributed by atoms with Gasteiger partial charge in [0.2, 0.25) is 0 Å². The minimum atomic E-state index is -1.03. The second kappa shape index (κ2) is 12.8. The highest BCUT2D eigenvalue weighted by atomic mass is 16.7. The van der Waals surface area contributed by atoms with Gasteiger partial charge in [-0.2, -0.15) is 0 Å². The minimum absolute atomic E-state index is 0.108. The highest BCUT2D eigenvalue weighted by Crippen LogP contribution is 2.44. The van der Waals surface area contributed by atoms with E-state index in [1.807, 2.05) is 66.7 Å². The summed E-state index contributed by atoms with van der Waals surface area (Å²) in [5, 5.41) is 14.4. The summed E-state index contributed by atoms with van der Waals surface area (Å²) in [5.41, 5.74) is 2.02. The fourth-order valence-corrected chi connectivity index (χ4v) is 6.49. The molecule has 0 radical (unpaired) electrons. The van der Waals surface area contributed by atoms with E-state index in [4.69, 9.17) is 14.2 Å². The molecule has 1 heterocycles. The van der Waals surface area contributed by atoms with E-state index in [1.54, 1.807) is 19.2 Å². The van der Waals surface area contributed by atoms with Gasteiger partial charge in [-0.25, -0.2) is 4.79 Å². The van der Waals surface area contributed by atoms with Crippen molar-refractivity contribution in [3.05, 3.63) is 96.6 Å². The Balaban J connectivity index is 1.16. The lowest BCUT2D eigenvalue weighted by Crippen LogP contribution is -2.52. The van der Waals surface area contributed by atoms with Gasteiger partial charge in [-0.1, -0.05) is 60.7 Å². The van der Waals surface area contributed by atoms with Crippen molar-refractivity contribution in [1.29, 1.82) is 0 Å². The molecule has 2 aliphatic rings. The monoisotopic (exact) mass is 580 g/mol. The highest BCUT2D eigenvalue weighted by molar-refractivity contribution is 5.84. The molecule has 0 bridgehead atoms. The molecule has 1 N–H and O–H groups in total. The predicted molar refractivity (Wildman–Crippen MR) is 168 cm³/mol. The maximum atomic E-state index is 12.9. The molecule has 1 aliphatic carbocycles. The summed E-state index contributed by atoms with van der Waals surface area (Å²) in [6.07, 6.45) is 0.570.